The number of aliphatic hydroxyl groups excluding tert-OH is 1. The standard InChI is InChI=1S/C34H39BrN2O5Si/c1-22-32(43(3,4)27-15-13-26(41-2)14-16-27)30(20-31(39)36-18-8-11-25(36)21-38)42-34(22)28-19-23(35)12-17-29(28)37(33(34)40)24-9-6-5-7-10-24/h5-7,9-10,12-17,19,22,25,30,32,38H,8,11,18,20-21H2,1-4H3/t22-,25+,30+,32-,34+/m1/s1. The average molecular weight is 664 g/mol. The number of rotatable bonds is 7. The molecular formula is C34H39BrN2O5Si. The first kappa shape index (κ1) is 30.1. The van der Waals surface area contributed by atoms with Crippen molar-refractivity contribution in [1.82, 2.24) is 4.90 Å². The monoisotopic (exact) mass is 662 g/mol. The van der Waals surface area contributed by atoms with E-state index in [1.807, 2.05) is 65.6 Å². The van der Waals surface area contributed by atoms with Crippen molar-refractivity contribution in [3.05, 3.63) is 82.8 Å². The van der Waals surface area contributed by atoms with Crippen LogP contribution in [0.1, 0.15) is 31.7 Å². The summed E-state index contributed by atoms with van der Waals surface area (Å²) in [5.74, 6) is 0.443. The zero-order valence-electron chi connectivity index (χ0n) is 25.1. The molecule has 43 heavy (non-hydrogen) atoms. The molecule has 3 heterocycles. The van der Waals surface area contributed by atoms with Gasteiger partial charge in [-0.2, -0.15) is 0 Å². The molecular weight excluding hydrogens is 624 g/mol. The molecule has 6 rings (SSSR count). The van der Waals surface area contributed by atoms with Crippen LogP contribution in [0.3, 0.4) is 0 Å². The Morgan fingerprint density at radius 2 is 1.84 bits per heavy atom. The van der Waals surface area contributed by atoms with Gasteiger partial charge in [-0.05, 0) is 60.8 Å². The molecule has 0 radical (unpaired) electrons. The van der Waals surface area contributed by atoms with Crippen LogP contribution in [0.25, 0.3) is 0 Å². The van der Waals surface area contributed by atoms with Crippen molar-refractivity contribution >= 4 is 52.4 Å². The first-order valence-electron chi connectivity index (χ1n) is 15.1. The second-order valence-corrected chi connectivity index (χ2v) is 18.2. The van der Waals surface area contributed by atoms with E-state index in [1.54, 1.807) is 12.0 Å². The summed E-state index contributed by atoms with van der Waals surface area (Å²) in [6.07, 6.45) is 1.37. The SMILES string of the molecule is COc1ccc([Si](C)(C)[C@H]2[C@H](CC(=O)N3CCC[C@H]3CO)O[C@@]3(C(=O)N(c4ccccc4)c4ccc(Br)cc43)[C@@H]2C)cc1. The van der Waals surface area contributed by atoms with E-state index in [1.165, 1.54) is 5.19 Å². The number of halogens is 1. The predicted octanol–water partition coefficient (Wildman–Crippen LogP) is 5.73. The molecule has 5 atom stereocenters. The third kappa shape index (κ3) is 4.85. The van der Waals surface area contributed by atoms with E-state index < -0.39 is 19.8 Å². The third-order valence-electron chi connectivity index (χ3n) is 10.0. The quantitative estimate of drug-likeness (QED) is 0.327. The molecule has 3 aliphatic rings. The molecule has 9 heteroatoms. The van der Waals surface area contributed by atoms with Crippen LogP contribution in [-0.4, -0.2) is 62.3 Å². The molecule has 226 valence electrons. The normalized spacial score (nSPS) is 26.8. The molecule has 1 N–H and O–H groups in total. The van der Waals surface area contributed by atoms with Gasteiger partial charge in [-0.25, -0.2) is 0 Å². The van der Waals surface area contributed by atoms with E-state index in [4.69, 9.17) is 9.47 Å². The lowest BCUT2D eigenvalue weighted by Crippen LogP contribution is -2.52. The zero-order chi connectivity index (χ0) is 30.5. The molecule has 0 bridgehead atoms. The maximum atomic E-state index is 14.8. The number of para-hydroxylation sites is 1. The molecule has 1 spiro atoms. The molecule has 3 aliphatic heterocycles. The molecule has 3 aromatic carbocycles. The van der Waals surface area contributed by atoms with Crippen LogP contribution in [-0.2, 0) is 19.9 Å². The number of aliphatic hydroxyl groups is 1. The van der Waals surface area contributed by atoms with Gasteiger partial charge in [0.25, 0.3) is 5.91 Å². The number of likely N-dealkylation sites (tertiary alicyclic amines) is 1. The lowest BCUT2D eigenvalue weighted by Gasteiger charge is -2.37. The Morgan fingerprint density at radius 1 is 1.12 bits per heavy atom. The minimum absolute atomic E-state index is 0.0184. The van der Waals surface area contributed by atoms with Crippen LogP contribution in [0.15, 0.2) is 77.3 Å². The average Bonchev–Trinajstić information content (AvgIpc) is 3.67. The van der Waals surface area contributed by atoms with Crippen LogP contribution in [0, 0.1) is 5.92 Å². The highest BCUT2D eigenvalue weighted by atomic mass is 79.9. The highest BCUT2D eigenvalue weighted by Gasteiger charge is 2.66. The van der Waals surface area contributed by atoms with Crippen LogP contribution < -0.4 is 14.8 Å². The number of carbonyl (C=O) groups is 2. The van der Waals surface area contributed by atoms with Gasteiger partial charge in [0.2, 0.25) is 5.91 Å². The maximum absolute atomic E-state index is 14.8. The van der Waals surface area contributed by atoms with Gasteiger partial charge in [0.1, 0.15) is 5.75 Å². The Balaban J connectivity index is 1.47. The fraction of sp³-hybridized carbons (Fsp3) is 0.412. The first-order valence-corrected chi connectivity index (χ1v) is 18.9. The smallest absolute Gasteiger partial charge is 0.268 e. The fourth-order valence-corrected chi connectivity index (χ4v) is 12.3. The molecule has 2 saturated heterocycles. The number of benzene rings is 3. The zero-order valence-corrected chi connectivity index (χ0v) is 27.7. The molecule has 7 nitrogen and oxygen atoms in total. The molecule has 2 fully saturated rings. The molecule has 0 aliphatic carbocycles. The second-order valence-electron chi connectivity index (χ2n) is 12.6. The van der Waals surface area contributed by atoms with E-state index in [-0.39, 0.29) is 42.3 Å². The van der Waals surface area contributed by atoms with Gasteiger partial charge in [0.15, 0.2) is 5.60 Å². The van der Waals surface area contributed by atoms with E-state index >= 15 is 0 Å². The molecule has 0 saturated carbocycles. The van der Waals surface area contributed by atoms with E-state index in [2.05, 4.69) is 48.1 Å². The summed E-state index contributed by atoms with van der Waals surface area (Å²) in [6.45, 7) is 7.37. The van der Waals surface area contributed by atoms with Crippen LogP contribution in [0.2, 0.25) is 18.6 Å². The number of fused-ring (bicyclic) bond motifs is 2. The van der Waals surface area contributed by atoms with E-state index in [9.17, 15) is 14.7 Å². The van der Waals surface area contributed by atoms with Crippen molar-refractivity contribution in [3.63, 3.8) is 0 Å². The van der Waals surface area contributed by atoms with Gasteiger partial charge in [-0.3, -0.25) is 14.5 Å². The fourth-order valence-electron chi connectivity index (χ4n) is 7.89. The van der Waals surface area contributed by atoms with Crippen molar-refractivity contribution in [2.45, 2.75) is 62.6 Å². The van der Waals surface area contributed by atoms with Gasteiger partial charge in [-0.15, -0.1) is 0 Å². The Hall–Kier alpha value is -2.98. The molecule has 3 aromatic rings. The van der Waals surface area contributed by atoms with Crippen LogP contribution in [0.5, 0.6) is 5.75 Å². The lowest BCUT2D eigenvalue weighted by atomic mass is 9.82. The van der Waals surface area contributed by atoms with Gasteiger partial charge in [0, 0.05) is 28.2 Å². The predicted molar refractivity (Wildman–Crippen MR) is 174 cm³/mol. The number of nitrogens with zero attached hydrogens (tertiary/aromatic N) is 2. The maximum Gasteiger partial charge on any atom is 0.268 e. The summed E-state index contributed by atoms with van der Waals surface area (Å²) in [7, 11) is -0.722. The summed E-state index contributed by atoms with van der Waals surface area (Å²) in [5.41, 5.74) is 1.13. The minimum atomic E-state index is -2.38. The lowest BCUT2D eigenvalue weighted by molar-refractivity contribution is -0.149. The van der Waals surface area contributed by atoms with Crippen molar-refractivity contribution in [2.24, 2.45) is 5.92 Å². The summed E-state index contributed by atoms with van der Waals surface area (Å²) >= 11 is 3.66. The molecule has 2 amide bonds. The first-order chi connectivity index (χ1) is 20.6. The van der Waals surface area contributed by atoms with Gasteiger partial charge >= 0.3 is 0 Å². The highest BCUT2D eigenvalue weighted by molar-refractivity contribution is 9.10. The van der Waals surface area contributed by atoms with Crippen molar-refractivity contribution in [2.75, 3.05) is 25.2 Å². The molecule has 0 aromatic heterocycles. The van der Waals surface area contributed by atoms with Gasteiger partial charge < -0.3 is 19.5 Å². The number of hydrogen-bond acceptors (Lipinski definition) is 5. The van der Waals surface area contributed by atoms with Gasteiger partial charge in [-0.1, -0.05) is 71.5 Å². The summed E-state index contributed by atoms with van der Waals surface area (Å²) < 4.78 is 13.4. The number of hydrogen-bond donors (Lipinski definition) is 1. The van der Waals surface area contributed by atoms with Crippen LogP contribution in [0.4, 0.5) is 11.4 Å². The van der Waals surface area contributed by atoms with Gasteiger partial charge in [0.05, 0.1) is 46.0 Å². The largest absolute Gasteiger partial charge is 0.497 e. The van der Waals surface area contributed by atoms with Crippen LogP contribution >= 0.6 is 15.9 Å². The highest BCUT2D eigenvalue weighted by Crippen LogP contribution is 2.61. The van der Waals surface area contributed by atoms with Crippen molar-refractivity contribution in [1.29, 1.82) is 0 Å². The van der Waals surface area contributed by atoms with E-state index in [0.717, 1.165) is 40.0 Å². The molecule has 0 unspecified atom stereocenters. The summed E-state index contributed by atoms with van der Waals surface area (Å²) in [4.78, 5) is 32.3. The van der Waals surface area contributed by atoms with Crippen molar-refractivity contribution in [3.8, 4) is 5.75 Å². The Labute approximate surface area is 262 Å². The summed E-state index contributed by atoms with van der Waals surface area (Å²) in [6, 6.07) is 23.7. The number of amides is 2. The third-order valence-corrected chi connectivity index (χ3v) is 14.9. The topological polar surface area (TPSA) is 79.3 Å². The van der Waals surface area contributed by atoms with E-state index in [0.29, 0.717) is 6.54 Å². The number of ether oxygens (including phenoxy) is 2. The number of anilines is 2. The second kappa shape index (κ2) is 11.5. The summed E-state index contributed by atoms with van der Waals surface area (Å²) in [5, 5.41) is 11.2. The Kier molecular flexibility index (Phi) is 8.04. The number of carbonyl (C=O) groups excluding carboxylic acids is 2. The Bertz CT molecular complexity index is 1520. The van der Waals surface area contributed by atoms with Crippen molar-refractivity contribution < 1.29 is 24.2 Å². The number of methoxy groups -OCH3 is 1. The Morgan fingerprint density at radius 3 is 2.51 bits per heavy atom. The minimum Gasteiger partial charge on any atom is -0.497 e.